The second-order valence-electron chi connectivity index (χ2n) is 6.32. The first-order valence-electron chi connectivity index (χ1n) is 8.61. The number of halogens is 1. The van der Waals surface area contributed by atoms with Crippen LogP contribution in [0.25, 0.3) is 16.7 Å². The molecule has 0 radical (unpaired) electrons. The van der Waals surface area contributed by atoms with Crippen molar-refractivity contribution >= 4 is 32.9 Å². The number of aromatic nitrogens is 3. The lowest BCUT2D eigenvalue weighted by atomic mass is 10.1. The van der Waals surface area contributed by atoms with E-state index >= 15 is 0 Å². The van der Waals surface area contributed by atoms with Gasteiger partial charge in [0.25, 0.3) is 0 Å². The summed E-state index contributed by atoms with van der Waals surface area (Å²) in [6.07, 6.45) is 2.41. The molecule has 0 saturated carbocycles. The molecule has 6 nitrogen and oxygen atoms in total. The van der Waals surface area contributed by atoms with E-state index in [0.29, 0.717) is 17.9 Å². The summed E-state index contributed by atoms with van der Waals surface area (Å²) >= 11 is 3.42. The largest absolute Gasteiger partial charge is 0.506 e. The Labute approximate surface area is 165 Å². The minimum atomic E-state index is -0.356. The fraction of sp³-hybridized carbons (Fsp3) is 0.250. The van der Waals surface area contributed by atoms with Crippen LogP contribution in [0, 0.1) is 0 Å². The van der Waals surface area contributed by atoms with Gasteiger partial charge in [0, 0.05) is 10.0 Å². The molecule has 0 bridgehead atoms. The summed E-state index contributed by atoms with van der Waals surface area (Å²) in [7, 11) is 0. The summed E-state index contributed by atoms with van der Waals surface area (Å²) in [5.74, 6) is -0.237. The van der Waals surface area contributed by atoms with E-state index in [1.54, 1.807) is 13.0 Å². The summed E-state index contributed by atoms with van der Waals surface area (Å²) in [4.78, 5) is 12.8. The molecule has 0 aliphatic carbocycles. The quantitative estimate of drug-likeness (QED) is 0.343. The number of unbranched alkanes of at least 4 members (excludes halogenated alkanes) is 1. The van der Waals surface area contributed by atoms with Gasteiger partial charge >= 0.3 is 5.97 Å². The molecule has 1 aromatic heterocycles. The Morgan fingerprint density at radius 1 is 1.19 bits per heavy atom. The minimum absolute atomic E-state index is 0.119. The van der Waals surface area contributed by atoms with E-state index in [1.807, 2.05) is 30.3 Å². The third-order valence-corrected chi connectivity index (χ3v) is 4.53. The van der Waals surface area contributed by atoms with E-state index < -0.39 is 0 Å². The van der Waals surface area contributed by atoms with Crippen LogP contribution < -0.4 is 0 Å². The van der Waals surface area contributed by atoms with Crippen molar-refractivity contribution in [2.45, 2.75) is 26.2 Å². The number of nitrogens with zero attached hydrogens (tertiary/aromatic N) is 3. The second-order valence-corrected chi connectivity index (χ2v) is 7.23. The van der Waals surface area contributed by atoms with Gasteiger partial charge < -0.3 is 9.84 Å². The smallest absolute Gasteiger partial charge is 0.333 e. The lowest BCUT2D eigenvalue weighted by Gasteiger charge is -2.07. The van der Waals surface area contributed by atoms with E-state index in [9.17, 15) is 9.90 Å². The Morgan fingerprint density at radius 2 is 1.96 bits per heavy atom. The van der Waals surface area contributed by atoms with Gasteiger partial charge in [-0.25, -0.2) is 4.79 Å². The number of rotatable bonds is 7. The average Bonchev–Trinajstić information content (AvgIpc) is 3.05. The number of aromatic hydroxyl groups is 1. The minimum Gasteiger partial charge on any atom is -0.506 e. The van der Waals surface area contributed by atoms with Crippen molar-refractivity contribution in [1.29, 1.82) is 0 Å². The average molecular weight is 430 g/mol. The molecule has 0 aliphatic rings. The van der Waals surface area contributed by atoms with E-state index in [1.165, 1.54) is 4.80 Å². The van der Waals surface area contributed by atoms with Crippen molar-refractivity contribution in [3.05, 3.63) is 58.6 Å². The molecule has 0 saturated heterocycles. The molecule has 1 N–H and O–H groups in total. The van der Waals surface area contributed by atoms with Crippen LogP contribution in [-0.4, -0.2) is 32.7 Å². The second kappa shape index (κ2) is 8.35. The number of hydrogen-bond donors (Lipinski definition) is 1. The normalized spacial score (nSPS) is 10.9. The van der Waals surface area contributed by atoms with Crippen LogP contribution in [-0.2, 0) is 16.0 Å². The highest BCUT2D eigenvalue weighted by Crippen LogP contribution is 2.24. The van der Waals surface area contributed by atoms with Crippen molar-refractivity contribution in [2.24, 2.45) is 0 Å². The summed E-state index contributed by atoms with van der Waals surface area (Å²) in [5, 5.41) is 19.1. The highest BCUT2D eigenvalue weighted by atomic mass is 79.9. The van der Waals surface area contributed by atoms with Gasteiger partial charge in [-0.3, -0.25) is 0 Å². The third-order valence-electron chi connectivity index (χ3n) is 4.04. The van der Waals surface area contributed by atoms with Gasteiger partial charge in [0.2, 0.25) is 0 Å². The molecule has 0 unspecified atom stereocenters. The fourth-order valence-electron chi connectivity index (χ4n) is 2.60. The lowest BCUT2D eigenvalue weighted by molar-refractivity contribution is -0.139. The number of phenolic OH excluding ortho intramolecular Hbond substituents is 1. The van der Waals surface area contributed by atoms with Crippen molar-refractivity contribution in [3.63, 3.8) is 0 Å². The standard InChI is InChI=1S/C20H20BrN3O3/c1-13(2)20(26)27-10-4-3-5-14-6-9-19(25)18(11-14)24-22-16-8-7-15(21)12-17(16)23-24/h6-9,11-12,25H,1,3-5,10H2,2H3. The van der Waals surface area contributed by atoms with Crippen LogP contribution in [0.2, 0.25) is 0 Å². The third kappa shape index (κ3) is 4.74. The Balaban J connectivity index is 1.67. The van der Waals surface area contributed by atoms with Crippen LogP contribution in [0.15, 0.2) is 53.0 Å². The number of ether oxygens (including phenoxy) is 1. The van der Waals surface area contributed by atoms with Gasteiger partial charge in [0.1, 0.15) is 22.5 Å². The zero-order valence-electron chi connectivity index (χ0n) is 15.0. The zero-order chi connectivity index (χ0) is 19.4. The first kappa shape index (κ1) is 19.1. The number of phenols is 1. The van der Waals surface area contributed by atoms with Crippen LogP contribution in [0.5, 0.6) is 5.75 Å². The molecule has 0 amide bonds. The number of esters is 1. The van der Waals surface area contributed by atoms with E-state index in [4.69, 9.17) is 4.74 Å². The van der Waals surface area contributed by atoms with Crippen molar-refractivity contribution in [1.82, 2.24) is 15.0 Å². The predicted octanol–water partition coefficient (Wildman–Crippen LogP) is 4.33. The molecule has 0 spiro atoms. The number of fused-ring (bicyclic) bond motifs is 1. The van der Waals surface area contributed by atoms with Crippen LogP contribution >= 0.6 is 15.9 Å². The van der Waals surface area contributed by atoms with Gasteiger partial charge in [-0.05, 0) is 62.1 Å². The molecule has 2 aromatic carbocycles. The van der Waals surface area contributed by atoms with Gasteiger partial charge in [-0.2, -0.15) is 0 Å². The molecule has 1 heterocycles. The van der Waals surface area contributed by atoms with Crippen LogP contribution in [0.3, 0.4) is 0 Å². The van der Waals surface area contributed by atoms with Gasteiger partial charge in [-0.1, -0.05) is 28.6 Å². The Morgan fingerprint density at radius 3 is 2.74 bits per heavy atom. The van der Waals surface area contributed by atoms with E-state index in [2.05, 4.69) is 32.7 Å². The van der Waals surface area contributed by atoms with Gasteiger partial charge in [0.15, 0.2) is 0 Å². The highest BCUT2D eigenvalue weighted by molar-refractivity contribution is 9.10. The molecule has 0 aliphatic heterocycles. The molecule has 0 atom stereocenters. The number of carbonyl (C=O) groups excluding carboxylic acids is 1. The van der Waals surface area contributed by atoms with Crippen molar-refractivity contribution in [3.8, 4) is 11.4 Å². The molecule has 3 rings (SSSR count). The highest BCUT2D eigenvalue weighted by Gasteiger charge is 2.10. The molecule has 0 fully saturated rings. The number of carbonyl (C=O) groups is 1. The van der Waals surface area contributed by atoms with E-state index in [-0.39, 0.29) is 11.7 Å². The van der Waals surface area contributed by atoms with Crippen LogP contribution in [0.4, 0.5) is 0 Å². The molecule has 27 heavy (non-hydrogen) atoms. The van der Waals surface area contributed by atoms with Gasteiger partial charge in [-0.15, -0.1) is 15.0 Å². The first-order chi connectivity index (χ1) is 12.9. The Hall–Kier alpha value is -2.67. The monoisotopic (exact) mass is 429 g/mol. The summed E-state index contributed by atoms with van der Waals surface area (Å²) in [6.45, 7) is 5.56. The molecular weight excluding hydrogens is 410 g/mol. The SMILES string of the molecule is C=C(C)C(=O)OCCCCc1ccc(O)c(-n2nc3ccc(Br)cc3n2)c1. The number of benzene rings is 2. The Kier molecular flexibility index (Phi) is 5.91. The predicted molar refractivity (Wildman–Crippen MR) is 107 cm³/mol. The molecule has 140 valence electrons. The lowest BCUT2D eigenvalue weighted by Crippen LogP contribution is -2.06. The molecular formula is C20H20BrN3O3. The van der Waals surface area contributed by atoms with Crippen molar-refractivity contribution in [2.75, 3.05) is 6.61 Å². The molecule has 7 heteroatoms. The van der Waals surface area contributed by atoms with Crippen LogP contribution in [0.1, 0.15) is 25.3 Å². The molecule has 3 aromatic rings. The van der Waals surface area contributed by atoms with Gasteiger partial charge in [0.05, 0.1) is 6.61 Å². The zero-order valence-corrected chi connectivity index (χ0v) is 16.6. The maximum absolute atomic E-state index is 11.3. The number of aryl methyl sites for hydroxylation is 1. The van der Waals surface area contributed by atoms with E-state index in [0.717, 1.165) is 40.3 Å². The summed E-state index contributed by atoms with van der Waals surface area (Å²) in [5.41, 5.74) is 3.49. The fourth-order valence-corrected chi connectivity index (χ4v) is 2.95. The maximum Gasteiger partial charge on any atom is 0.333 e. The summed E-state index contributed by atoms with van der Waals surface area (Å²) < 4.78 is 6.01. The number of hydrogen-bond acceptors (Lipinski definition) is 5. The first-order valence-corrected chi connectivity index (χ1v) is 9.41. The van der Waals surface area contributed by atoms with Crippen molar-refractivity contribution < 1.29 is 14.6 Å². The summed E-state index contributed by atoms with van der Waals surface area (Å²) in [6, 6.07) is 11.1. The Bertz CT molecular complexity index is 997. The maximum atomic E-state index is 11.3. The topological polar surface area (TPSA) is 77.2 Å².